The number of rotatable bonds is 2. The average Bonchev–Trinajstić information content (AvgIpc) is 1.99. The molecule has 0 amide bonds. The minimum Gasteiger partial charge on any atom is -0.535 e. The van der Waals surface area contributed by atoms with E-state index in [-0.39, 0.29) is 10.9 Å². The van der Waals surface area contributed by atoms with Crippen LogP contribution >= 0.6 is 11.6 Å². The Bertz CT molecular complexity index is 260. The Morgan fingerprint density at radius 2 is 2.45 bits per heavy atom. The predicted molar refractivity (Wildman–Crippen MR) is 37.8 cm³/mol. The van der Waals surface area contributed by atoms with Crippen molar-refractivity contribution in [2.75, 3.05) is 0 Å². The van der Waals surface area contributed by atoms with Crippen LogP contribution in [0.25, 0.3) is 0 Å². The molecule has 0 saturated heterocycles. The molecule has 1 radical (unpaired) electrons. The van der Waals surface area contributed by atoms with Crippen molar-refractivity contribution in [2.45, 2.75) is 0 Å². The van der Waals surface area contributed by atoms with Crippen molar-refractivity contribution in [3.05, 3.63) is 23.2 Å². The van der Waals surface area contributed by atoms with Crippen molar-refractivity contribution >= 4 is 19.3 Å². The third-order valence-corrected chi connectivity index (χ3v) is 1.25. The summed E-state index contributed by atoms with van der Waals surface area (Å²) >= 11 is 5.29. The maximum atomic E-state index is 12.7. The first-order valence-electron chi connectivity index (χ1n) is 2.68. The van der Waals surface area contributed by atoms with Crippen molar-refractivity contribution in [3.63, 3.8) is 0 Å². The van der Waals surface area contributed by atoms with Gasteiger partial charge in [0.2, 0.25) is 5.82 Å². The lowest BCUT2D eigenvalue weighted by Crippen LogP contribution is -2.02. The summed E-state index contributed by atoms with van der Waals surface area (Å²) in [6.07, 6.45) is 1.27. The highest BCUT2D eigenvalue weighted by atomic mass is 35.5. The van der Waals surface area contributed by atoms with Crippen molar-refractivity contribution in [3.8, 4) is 5.75 Å². The fourth-order valence-electron chi connectivity index (χ4n) is 0.550. The van der Waals surface area contributed by atoms with Gasteiger partial charge in [-0.05, 0) is 6.07 Å². The summed E-state index contributed by atoms with van der Waals surface area (Å²) in [7, 11) is 0.370. The van der Waals surface area contributed by atoms with Crippen LogP contribution < -0.4 is 4.65 Å². The molecule has 0 saturated carbocycles. The number of hydrogen-bond acceptors (Lipinski definition) is 3. The van der Waals surface area contributed by atoms with E-state index in [1.54, 1.807) is 0 Å². The third-order valence-electron chi connectivity index (χ3n) is 0.991. The van der Waals surface area contributed by atoms with Gasteiger partial charge in [0.1, 0.15) is 5.75 Å². The number of hydrogen-bond donors (Lipinski definition) is 1. The van der Waals surface area contributed by atoms with E-state index in [1.165, 1.54) is 12.3 Å². The van der Waals surface area contributed by atoms with Crippen LogP contribution in [0.3, 0.4) is 0 Å². The van der Waals surface area contributed by atoms with Crippen LogP contribution in [0.1, 0.15) is 0 Å². The first kappa shape index (κ1) is 8.29. The Hall–Kier alpha value is -0.805. The molecule has 0 spiro atoms. The molecule has 0 unspecified atom stereocenters. The Morgan fingerprint density at radius 1 is 1.73 bits per heavy atom. The minimum atomic E-state index is -0.792. The maximum absolute atomic E-state index is 12.7. The van der Waals surface area contributed by atoms with E-state index in [1.807, 2.05) is 0 Å². The molecule has 11 heavy (non-hydrogen) atoms. The fourth-order valence-corrected chi connectivity index (χ4v) is 0.699. The van der Waals surface area contributed by atoms with Crippen molar-refractivity contribution in [1.82, 2.24) is 4.98 Å². The average molecular weight is 174 g/mol. The molecule has 0 aromatic carbocycles. The molecule has 0 atom stereocenters. The molecule has 1 rings (SSSR count). The Labute approximate surface area is 68.1 Å². The van der Waals surface area contributed by atoms with Crippen LogP contribution in [0.4, 0.5) is 4.39 Å². The molecule has 0 fully saturated rings. The van der Waals surface area contributed by atoms with Crippen LogP contribution in [0.2, 0.25) is 5.15 Å². The van der Waals surface area contributed by atoms with Gasteiger partial charge in [-0.3, -0.25) is 0 Å². The summed E-state index contributed by atoms with van der Waals surface area (Å²) in [4.78, 5) is 3.44. The van der Waals surface area contributed by atoms with Gasteiger partial charge in [-0.25, -0.2) is 4.98 Å². The highest BCUT2D eigenvalue weighted by Gasteiger charge is 2.07. The molecule has 1 heterocycles. The Morgan fingerprint density at radius 3 is 3.09 bits per heavy atom. The molecule has 6 heteroatoms. The van der Waals surface area contributed by atoms with Gasteiger partial charge in [0.05, 0.1) is 0 Å². The standard InChI is InChI=1S/C5H3BClFNO2/c7-5-4(8)3(11-6-10)1-2-9-5/h1-2,10H. The molecule has 1 aromatic heterocycles. The summed E-state index contributed by atoms with van der Waals surface area (Å²) in [5, 5.41) is 7.87. The zero-order chi connectivity index (χ0) is 8.27. The summed E-state index contributed by atoms with van der Waals surface area (Å²) in [6.45, 7) is 0. The quantitative estimate of drug-likeness (QED) is 0.532. The second kappa shape index (κ2) is 3.55. The van der Waals surface area contributed by atoms with E-state index in [9.17, 15) is 4.39 Å². The summed E-state index contributed by atoms with van der Waals surface area (Å²) in [5.41, 5.74) is 0. The lowest BCUT2D eigenvalue weighted by molar-refractivity contribution is 0.430. The summed E-state index contributed by atoms with van der Waals surface area (Å²) in [6, 6.07) is 1.24. The number of pyridine rings is 1. The molecular formula is C5H3BClFNO2. The van der Waals surface area contributed by atoms with Gasteiger partial charge in [-0.1, -0.05) is 11.6 Å². The normalized spacial score (nSPS) is 9.36. The number of aromatic nitrogens is 1. The van der Waals surface area contributed by atoms with E-state index in [0.29, 0.717) is 7.69 Å². The number of halogens is 2. The lowest BCUT2D eigenvalue weighted by Gasteiger charge is -2.01. The lowest BCUT2D eigenvalue weighted by atomic mass is 10.3. The highest BCUT2D eigenvalue weighted by molar-refractivity contribution is 6.29. The molecule has 1 N–H and O–H groups in total. The van der Waals surface area contributed by atoms with Gasteiger partial charge in [-0.15, -0.1) is 0 Å². The zero-order valence-corrected chi connectivity index (χ0v) is 6.05. The molecule has 3 nitrogen and oxygen atoms in total. The molecule has 0 aliphatic carbocycles. The van der Waals surface area contributed by atoms with Crippen molar-refractivity contribution in [1.29, 1.82) is 0 Å². The van der Waals surface area contributed by atoms with Crippen molar-refractivity contribution in [2.24, 2.45) is 0 Å². The first-order chi connectivity index (χ1) is 5.25. The molecule has 57 valence electrons. The van der Waals surface area contributed by atoms with Gasteiger partial charge in [-0.2, -0.15) is 4.39 Å². The Balaban J connectivity index is 2.96. The van der Waals surface area contributed by atoms with Crippen LogP contribution in [-0.2, 0) is 0 Å². The second-order valence-electron chi connectivity index (χ2n) is 1.64. The molecule has 1 aromatic rings. The Kier molecular flexibility index (Phi) is 2.67. The topological polar surface area (TPSA) is 42.4 Å². The molecule has 0 aliphatic heterocycles. The van der Waals surface area contributed by atoms with Gasteiger partial charge < -0.3 is 9.68 Å². The van der Waals surface area contributed by atoms with Crippen LogP contribution in [0.5, 0.6) is 5.75 Å². The zero-order valence-electron chi connectivity index (χ0n) is 5.29. The van der Waals surface area contributed by atoms with E-state index >= 15 is 0 Å². The number of nitrogens with zero attached hydrogens (tertiary/aromatic N) is 1. The van der Waals surface area contributed by atoms with Crippen LogP contribution in [0.15, 0.2) is 12.3 Å². The monoisotopic (exact) mass is 174 g/mol. The van der Waals surface area contributed by atoms with Gasteiger partial charge in [0.15, 0.2) is 5.15 Å². The molecular weight excluding hydrogens is 171 g/mol. The minimum absolute atomic E-state index is 0.160. The van der Waals surface area contributed by atoms with E-state index in [0.717, 1.165) is 0 Å². The smallest absolute Gasteiger partial charge is 0.535 e. The second-order valence-corrected chi connectivity index (χ2v) is 2.00. The predicted octanol–water partition coefficient (Wildman–Crippen LogP) is 0.779. The fraction of sp³-hybridized carbons (Fsp3) is 0. The summed E-state index contributed by atoms with van der Waals surface area (Å²) in [5.74, 6) is -0.952. The first-order valence-corrected chi connectivity index (χ1v) is 3.06. The molecule has 0 bridgehead atoms. The highest BCUT2D eigenvalue weighted by Crippen LogP contribution is 2.20. The van der Waals surface area contributed by atoms with E-state index in [4.69, 9.17) is 16.6 Å². The van der Waals surface area contributed by atoms with Gasteiger partial charge >= 0.3 is 7.69 Å². The van der Waals surface area contributed by atoms with E-state index in [2.05, 4.69) is 9.64 Å². The van der Waals surface area contributed by atoms with Crippen LogP contribution in [0, 0.1) is 5.82 Å². The van der Waals surface area contributed by atoms with Gasteiger partial charge in [0, 0.05) is 6.20 Å². The summed E-state index contributed by atoms with van der Waals surface area (Å²) < 4.78 is 17.1. The van der Waals surface area contributed by atoms with Gasteiger partial charge in [0.25, 0.3) is 0 Å². The van der Waals surface area contributed by atoms with E-state index < -0.39 is 5.82 Å². The maximum Gasteiger partial charge on any atom is 0.569 e. The molecule has 0 aliphatic rings. The third kappa shape index (κ3) is 1.81. The van der Waals surface area contributed by atoms with Crippen LogP contribution in [-0.4, -0.2) is 17.7 Å². The van der Waals surface area contributed by atoms with Crippen molar-refractivity contribution < 1.29 is 14.1 Å². The largest absolute Gasteiger partial charge is 0.569 e. The SMILES string of the molecule is O[B]Oc1ccnc(Cl)c1F.